The van der Waals surface area contributed by atoms with E-state index in [1.807, 2.05) is 0 Å². The maximum absolute atomic E-state index is 6.81. The van der Waals surface area contributed by atoms with E-state index >= 15 is 0 Å². The third-order valence-electron chi connectivity index (χ3n) is 4.37. The van der Waals surface area contributed by atoms with E-state index in [1.54, 1.807) is 0 Å². The fourth-order valence-corrected chi connectivity index (χ4v) is 3.68. The molecule has 0 aromatic heterocycles. The molecule has 0 amide bonds. The van der Waals surface area contributed by atoms with Crippen LogP contribution in [-0.2, 0) is 6.42 Å². The van der Waals surface area contributed by atoms with Crippen LogP contribution in [0.3, 0.4) is 0 Å². The molecule has 0 bridgehead atoms. The van der Waals surface area contributed by atoms with Gasteiger partial charge in [-0.15, -0.1) is 11.6 Å². The molecule has 3 aromatic carbocycles. The molecule has 2 atom stereocenters. The average Bonchev–Trinajstić information content (AvgIpc) is 2.48. The first-order valence-electron chi connectivity index (χ1n) is 7.04. The molecule has 0 nitrogen and oxygen atoms in total. The molecule has 0 aliphatic heterocycles. The number of halogens is 1. The van der Waals surface area contributed by atoms with Crippen LogP contribution in [0, 0.1) is 0 Å². The molecule has 1 aliphatic rings. The molecule has 0 heterocycles. The second-order valence-corrected chi connectivity index (χ2v) is 5.95. The van der Waals surface area contributed by atoms with Crippen LogP contribution < -0.4 is 0 Å². The molecular weight excluding hydrogens is 264 g/mol. The van der Waals surface area contributed by atoms with Crippen LogP contribution in [0.5, 0.6) is 0 Å². The van der Waals surface area contributed by atoms with Crippen molar-refractivity contribution in [1.29, 1.82) is 0 Å². The van der Waals surface area contributed by atoms with E-state index in [0.29, 0.717) is 5.92 Å². The van der Waals surface area contributed by atoms with E-state index in [9.17, 15) is 0 Å². The molecule has 3 aromatic rings. The van der Waals surface area contributed by atoms with Gasteiger partial charge in [0, 0.05) is 5.92 Å². The van der Waals surface area contributed by atoms with Gasteiger partial charge in [-0.1, -0.05) is 66.7 Å². The second kappa shape index (κ2) is 4.64. The summed E-state index contributed by atoms with van der Waals surface area (Å²) < 4.78 is 0. The van der Waals surface area contributed by atoms with Crippen molar-refractivity contribution in [3.05, 3.63) is 83.4 Å². The number of hydrogen-bond donors (Lipinski definition) is 0. The summed E-state index contributed by atoms with van der Waals surface area (Å²) in [6, 6.07) is 23.5. The predicted octanol–water partition coefficient (Wildman–Crippen LogP) is 5.46. The zero-order valence-electron chi connectivity index (χ0n) is 11.1. The van der Waals surface area contributed by atoms with Gasteiger partial charge in [-0.2, -0.15) is 0 Å². The minimum atomic E-state index is 0.0519. The lowest BCUT2D eigenvalue weighted by Gasteiger charge is -2.34. The van der Waals surface area contributed by atoms with E-state index in [1.165, 1.54) is 27.5 Å². The fraction of sp³-hybridized carbons (Fsp3) is 0.158. The first-order chi connectivity index (χ1) is 9.84. The maximum Gasteiger partial charge on any atom is 0.0663 e. The van der Waals surface area contributed by atoms with E-state index < -0.39 is 0 Å². The van der Waals surface area contributed by atoms with Crippen molar-refractivity contribution >= 4 is 22.4 Å². The van der Waals surface area contributed by atoms with Crippen molar-refractivity contribution in [2.45, 2.75) is 17.7 Å². The molecule has 1 heteroatoms. The van der Waals surface area contributed by atoms with Crippen LogP contribution in [0.25, 0.3) is 10.8 Å². The van der Waals surface area contributed by atoms with E-state index in [-0.39, 0.29) is 5.38 Å². The van der Waals surface area contributed by atoms with E-state index in [2.05, 4.69) is 66.7 Å². The Morgan fingerprint density at radius 2 is 1.60 bits per heavy atom. The Balaban J connectivity index is 1.77. The average molecular weight is 279 g/mol. The van der Waals surface area contributed by atoms with Gasteiger partial charge in [-0.05, 0) is 33.9 Å². The summed E-state index contributed by atoms with van der Waals surface area (Å²) in [6.45, 7) is 0. The summed E-state index contributed by atoms with van der Waals surface area (Å²) in [4.78, 5) is 0. The molecule has 0 N–H and O–H groups in total. The fourth-order valence-electron chi connectivity index (χ4n) is 3.27. The Hall–Kier alpha value is -1.79. The van der Waals surface area contributed by atoms with Gasteiger partial charge < -0.3 is 0 Å². The van der Waals surface area contributed by atoms with Crippen LogP contribution in [0.1, 0.15) is 28.0 Å². The van der Waals surface area contributed by atoms with Crippen molar-refractivity contribution in [1.82, 2.24) is 0 Å². The first-order valence-corrected chi connectivity index (χ1v) is 7.48. The third kappa shape index (κ3) is 1.76. The lowest BCUT2D eigenvalue weighted by molar-refractivity contribution is 0.589. The molecule has 20 heavy (non-hydrogen) atoms. The Kier molecular flexibility index (Phi) is 2.78. The minimum Gasteiger partial charge on any atom is -0.117 e. The Labute approximate surface area is 124 Å². The van der Waals surface area contributed by atoms with Gasteiger partial charge in [0.05, 0.1) is 5.38 Å². The van der Waals surface area contributed by atoms with Gasteiger partial charge >= 0.3 is 0 Å². The quantitative estimate of drug-likeness (QED) is 0.546. The number of hydrogen-bond acceptors (Lipinski definition) is 0. The second-order valence-electron chi connectivity index (χ2n) is 5.48. The summed E-state index contributed by atoms with van der Waals surface area (Å²) in [6.07, 6.45) is 1.09. The molecule has 2 unspecified atom stereocenters. The van der Waals surface area contributed by atoms with Crippen LogP contribution in [0.15, 0.2) is 66.7 Å². The molecule has 1 aliphatic carbocycles. The van der Waals surface area contributed by atoms with Gasteiger partial charge in [-0.25, -0.2) is 0 Å². The molecule has 0 spiro atoms. The van der Waals surface area contributed by atoms with Gasteiger partial charge in [-0.3, -0.25) is 0 Å². The molecule has 98 valence electrons. The van der Waals surface area contributed by atoms with Crippen molar-refractivity contribution in [3.8, 4) is 0 Å². The summed E-state index contributed by atoms with van der Waals surface area (Å²) in [5.74, 6) is 0.443. The van der Waals surface area contributed by atoms with Crippen molar-refractivity contribution in [2.24, 2.45) is 0 Å². The topological polar surface area (TPSA) is 0 Å². The van der Waals surface area contributed by atoms with Crippen LogP contribution in [0.2, 0.25) is 0 Å². The maximum atomic E-state index is 6.81. The lowest BCUT2D eigenvalue weighted by Crippen LogP contribution is -2.21. The number of rotatable bonds is 2. The summed E-state index contributed by atoms with van der Waals surface area (Å²) in [5, 5.41) is 2.60. The van der Waals surface area contributed by atoms with Crippen molar-refractivity contribution in [3.63, 3.8) is 0 Å². The number of alkyl halides is 1. The summed E-state index contributed by atoms with van der Waals surface area (Å²) in [7, 11) is 0. The molecule has 0 saturated heterocycles. The van der Waals surface area contributed by atoms with Gasteiger partial charge in [0.1, 0.15) is 0 Å². The Morgan fingerprint density at radius 1 is 0.850 bits per heavy atom. The highest BCUT2D eigenvalue weighted by Gasteiger charge is 2.32. The van der Waals surface area contributed by atoms with Gasteiger partial charge in [0.2, 0.25) is 0 Å². The lowest BCUT2D eigenvalue weighted by atomic mass is 9.74. The normalized spacial score (nSPS) is 18.4. The highest BCUT2D eigenvalue weighted by molar-refractivity contribution is 6.22. The minimum absolute atomic E-state index is 0.0519. The molecule has 0 fully saturated rings. The van der Waals surface area contributed by atoms with Crippen LogP contribution in [0.4, 0.5) is 0 Å². The zero-order valence-corrected chi connectivity index (χ0v) is 11.8. The van der Waals surface area contributed by atoms with E-state index in [4.69, 9.17) is 11.6 Å². The first kappa shape index (κ1) is 12.0. The SMILES string of the molecule is ClC(c1cccc2ccccc12)C1Cc2ccccc21. The van der Waals surface area contributed by atoms with Crippen LogP contribution in [-0.4, -0.2) is 0 Å². The predicted molar refractivity (Wildman–Crippen MR) is 85.4 cm³/mol. The monoisotopic (exact) mass is 278 g/mol. The van der Waals surface area contributed by atoms with Gasteiger partial charge in [0.15, 0.2) is 0 Å². The smallest absolute Gasteiger partial charge is 0.0663 e. The van der Waals surface area contributed by atoms with Gasteiger partial charge in [0.25, 0.3) is 0 Å². The highest BCUT2D eigenvalue weighted by Crippen LogP contribution is 2.47. The standard InChI is InChI=1S/C19H15Cl/c20-19(18-12-14-7-2-4-10-16(14)18)17-11-5-8-13-6-1-3-9-15(13)17/h1-11,18-19H,12H2. The third-order valence-corrected chi connectivity index (χ3v) is 4.91. The summed E-state index contributed by atoms with van der Waals surface area (Å²) in [5.41, 5.74) is 4.12. The Morgan fingerprint density at radius 3 is 2.50 bits per heavy atom. The number of benzene rings is 3. The highest BCUT2D eigenvalue weighted by atomic mass is 35.5. The van der Waals surface area contributed by atoms with E-state index in [0.717, 1.165) is 6.42 Å². The van der Waals surface area contributed by atoms with Crippen molar-refractivity contribution in [2.75, 3.05) is 0 Å². The summed E-state index contributed by atoms with van der Waals surface area (Å²) >= 11 is 6.81. The zero-order chi connectivity index (χ0) is 13.5. The molecule has 4 rings (SSSR count). The molecular formula is C19H15Cl. The number of fused-ring (bicyclic) bond motifs is 2. The largest absolute Gasteiger partial charge is 0.117 e. The van der Waals surface area contributed by atoms with Crippen molar-refractivity contribution < 1.29 is 0 Å². The molecule has 0 saturated carbocycles. The molecule has 0 radical (unpaired) electrons. The Bertz CT molecular complexity index is 770. The van der Waals surface area contributed by atoms with Crippen LogP contribution >= 0.6 is 11.6 Å².